The van der Waals surface area contributed by atoms with Crippen molar-refractivity contribution >= 4 is 64.2 Å². The molecule has 2 N–H and O–H groups in total. The number of amides is 4. The average molecular weight is 582 g/mol. The van der Waals surface area contributed by atoms with E-state index in [9.17, 15) is 19.2 Å². The van der Waals surface area contributed by atoms with Crippen molar-refractivity contribution in [1.82, 2.24) is 5.32 Å². The van der Waals surface area contributed by atoms with Crippen LogP contribution in [0.4, 0.5) is 11.4 Å². The van der Waals surface area contributed by atoms with Crippen molar-refractivity contribution in [2.75, 3.05) is 10.2 Å². The summed E-state index contributed by atoms with van der Waals surface area (Å²) < 4.78 is 0. The summed E-state index contributed by atoms with van der Waals surface area (Å²) in [5.74, 6) is -1.37. The van der Waals surface area contributed by atoms with Crippen LogP contribution in [0.3, 0.4) is 0 Å². The fourth-order valence-electron chi connectivity index (χ4n) is 4.56. The number of hydrogen-bond donors (Lipinski definition) is 2. The molecule has 0 radical (unpaired) electrons. The molecule has 9 heteroatoms. The minimum absolute atomic E-state index is 0.0904. The summed E-state index contributed by atoms with van der Waals surface area (Å²) in [5, 5.41) is 6.89. The van der Waals surface area contributed by atoms with Gasteiger partial charge in [0.15, 0.2) is 0 Å². The highest BCUT2D eigenvalue weighted by atomic mass is 32.2. The summed E-state index contributed by atoms with van der Waals surface area (Å²) in [7, 11) is 0. The van der Waals surface area contributed by atoms with E-state index in [0.29, 0.717) is 16.9 Å². The fraction of sp³-hybridized carbons (Fsp3) is 0.125. The topological polar surface area (TPSA) is 95.6 Å². The minimum Gasteiger partial charge on any atom is -0.321 e. The molecule has 5 rings (SSSR count). The maximum atomic E-state index is 13.3. The van der Waals surface area contributed by atoms with E-state index in [-0.39, 0.29) is 23.9 Å². The summed E-state index contributed by atoms with van der Waals surface area (Å²) in [6.07, 6.45) is 1.72. The van der Waals surface area contributed by atoms with Crippen molar-refractivity contribution in [1.29, 1.82) is 0 Å². The van der Waals surface area contributed by atoms with E-state index in [0.717, 1.165) is 20.9 Å². The summed E-state index contributed by atoms with van der Waals surface area (Å²) in [5.41, 5.74) is 3.41. The molecule has 0 spiro atoms. The molecule has 0 bridgehead atoms. The van der Waals surface area contributed by atoms with Crippen LogP contribution in [-0.4, -0.2) is 28.9 Å². The van der Waals surface area contributed by atoms with Crippen LogP contribution in [0.1, 0.15) is 32.8 Å². The second-order valence-electron chi connectivity index (χ2n) is 9.49. The molecule has 1 aliphatic rings. The van der Waals surface area contributed by atoms with Crippen LogP contribution in [-0.2, 0) is 14.4 Å². The Morgan fingerprint density at radius 1 is 0.927 bits per heavy atom. The average Bonchev–Trinajstić information content (AvgIpc) is 3.57. The van der Waals surface area contributed by atoms with Gasteiger partial charge in [-0.25, -0.2) is 4.90 Å². The van der Waals surface area contributed by atoms with Crippen LogP contribution in [0.25, 0.3) is 6.08 Å². The normalized spacial score (nSPS) is 15.2. The molecule has 41 heavy (non-hydrogen) atoms. The first-order chi connectivity index (χ1) is 19.8. The molecule has 3 aromatic carbocycles. The molecule has 4 aromatic rings. The molecule has 2 heterocycles. The smallest absolute Gasteiger partial charge is 0.272 e. The number of thiophene rings is 1. The van der Waals surface area contributed by atoms with Gasteiger partial charge in [-0.3, -0.25) is 19.2 Å². The van der Waals surface area contributed by atoms with E-state index in [2.05, 4.69) is 10.6 Å². The van der Waals surface area contributed by atoms with Gasteiger partial charge >= 0.3 is 0 Å². The summed E-state index contributed by atoms with van der Waals surface area (Å²) >= 11 is 2.73. The lowest BCUT2D eigenvalue weighted by molar-refractivity contribution is -0.121. The lowest BCUT2D eigenvalue weighted by atomic mass is 10.1. The second-order valence-corrected chi connectivity index (χ2v) is 11.7. The number of imide groups is 1. The van der Waals surface area contributed by atoms with Gasteiger partial charge in [0.1, 0.15) is 5.70 Å². The Morgan fingerprint density at radius 3 is 2.37 bits per heavy atom. The highest BCUT2D eigenvalue weighted by molar-refractivity contribution is 8.00. The third-order valence-corrected chi connectivity index (χ3v) is 8.50. The maximum Gasteiger partial charge on any atom is 0.272 e. The van der Waals surface area contributed by atoms with Crippen molar-refractivity contribution in [3.8, 4) is 0 Å². The molecule has 0 aliphatic carbocycles. The van der Waals surface area contributed by atoms with Gasteiger partial charge in [-0.1, -0.05) is 48.5 Å². The third-order valence-electron chi connectivity index (χ3n) is 6.50. The van der Waals surface area contributed by atoms with Gasteiger partial charge in [0, 0.05) is 27.4 Å². The highest BCUT2D eigenvalue weighted by Crippen LogP contribution is 2.37. The summed E-state index contributed by atoms with van der Waals surface area (Å²) in [6.45, 7) is 3.78. The Morgan fingerprint density at radius 2 is 1.66 bits per heavy atom. The van der Waals surface area contributed by atoms with Gasteiger partial charge in [0.2, 0.25) is 11.8 Å². The first-order valence-corrected chi connectivity index (χ1v) is 14.7. The van der Waals surface area contributed by atoms with E-state index in [1.165, 1.54) is 28.0 Å². The van der Waals surface area contributed by atoms with E-state index in [1.807, 2.05) is 61.7 Å². The minimum atomic E-state index is -0.577. The van der Waals surface area contributed by atoms with Crippen molar-refractivity contribution in [3.63, 3.8) is 0 Å². The predicted octanol–water partition coefficient (Wildman–Crippen LogP) is 6.20. The number of para-hydroxylation sites is 1. The number of anilines is 2. The first kappa shape index (κ1) is 28.1. The Balaban J connectivity index is 1.31. The lowest BCUT2D eigenvalue weighted by Crippen LogP contribution is -2.32. The Kier molecular flexibility index (Phi) is 8.47. The first-order valence-electron chi connectivity index (χ1n) is 12.9. The zero-order valence-electron chi connectivity index (χ0n) is 22.4. The number of thioether (sulfide) groups is 1. The zero-order chi connectivity index (χ0) is 28.9. The summed E-state index contributed by atoms with van der Waals surface area (Å²) in [6, 6.07) is 25.2. The van der Waals surface area contributed by atoms with Gasteiger partial charge in [0.05, 0.1) is 10.9 Å². The van der Waals surface area contributed by atoms with Gasteiger partial charge < -0.3 is 10.6 Å². The van der Waals surface area contributed by atoms with Crippen LogP contribution in [0.5, 0.6) is 0 Å². The van der Waals surface area contributed by atoms with Crippen molar-refractivity contribution in [2.24, 2.45) is 0 Å². The van der Waals surface area contributed by atoms with Gasteiger partial charge in [0.25, 0.3) is 11.8 Å². The van der Waals surface area contributed by atoms with E-state index in [1.54, 1.807) is 48.5 Å². The maximum absolute atomic E-state index is 13.3. The molecule has 1 fully saturated rings. The number of nitrogens with one attached hydrogen (secondary N) is 2. The number of hydrogen-bond acceptors (Lipinski definition) is 6. The largest absolute Gasteiger partial charge is 0.321 e. The lowest BCUT2D eigenvalue weighted by Gasteiger charge is -2.19. The van der Waals surface area contributed by atoms with Crippen LogP contribution >= 0.6 is 23.1 Å². The van der Waals surface area contributed by atoms with Gasteiger partial charge in [-0.2, -0.15) is 0 Å². The van der Waals surface area contributed by atoms with Crippen molar-refractivity contribution in [2.45, 2.75) is 30.4 Å². The Hall–Kier alpha value is -4.47. The van der Waals surface area contributed by atoms with E-state index in [4.69, 9.17) is 0 Å². The molecule has 0 saturated carbocycles. The van der Waals surface area contributed by atoms with Crippen LogP contribution < -0.4 is 15.5 Å². The number of carbonyl (C=O) groups excluding carboxylic acids is 4. The third kappa shape index (κ3) is 6.48. The number of nitrogens with zero attached hydrogens (tertiary/aromatic N) is 1. The summed E-state index contributed by atoms with van der Waals surface area (Å²) in [4.78, 5) is 55.2. The molecule has 1 saturated heterocycles. The number of aryl methyl sites for hydroxylation is 2. The van der Waals surface area contributed by atoms with Gasteiger partial charge in [-0.15, -0.1) is 23.1 Å². The monoisotopic (exact) mass is 581 g/mol. The van der Waals surface area contributed by atoms with E-state index >= 15 is 0 Å². The molecule has 1 aromatic heterocycles. The van der Waals surface area contributed by atoms with Crippen LogP contribution in [0.15, 0.2) is 101 Å². The van der Waals surface area contributed by atoms with Gasteiger partial charge in [-0.05, 0) is 72.8 Å². The molecule has 1 atom stereocenters. The number of rotatable bonds is 8. The Labute approximate surface area is 246 Å². The molecule has 4 amide bonds. The zero-order valence-corrected chi connectivity index (χ0v) is 24.1. The molecule has 0 unspecified atom stereocenters. The van der Waals surface area contributed by atoms with Crippen molar-refractivity contribution < 1.29 is 19.2 Å². The van der Waals surface area contributed by atoms with E-state index < -0.39 is 17.1 Å². The second kappa shape index (κ2) is 12.4. The predicted molar refractivity (Wildman–Crippen MR) is 164 cm³/mol. The Bertz CT molecular complexity index is 1630. The van der Waals surface area contributed by atoms with Crippen molar-refractivity contribution in [3.05, 3.63) is 118 Å². The molecule has 7 nitrogen and oxygen atoms in total. The van der Waals surface area contributed by atoms with Crippen LogP contribution in [0.2, 0.25) is 0 Å². The molecular formula is C32H27N3O4S2. The standard InChI is InChI=1S/C32H27N3O4S2/c1-20-9-6-10-21(2)29(20)35-28(36)19-27(32(35)39)41-25-14-7-13-23(17-25)33-31(38)26(18-24-15-8-16-40-24)34-30(37)22-11-4-3-5-12-22/h3-18,27H,19H2,1-2H3,(H,33,38)(H,34,37)/b26-18-/t27-/m0/s1. The fourth-order valence-corrected chi connectivity index (χ4v) is 6.33. The van der Waals surface area contributed by atoms with Crippen LogP contribution in [0, 0.1) is 13.8 Å². The SMILES string of the molecule is Cc1cccc(C)c1N1C(=O)C[C@H](Sc2cccc(NC(=O)/C(=C/c3cccs3)NC(=O)c3ccccc3)c2)C1=O. The molecule has 1 aliphatic heterocycles. The molecular weight excluding hydrogens is 555 g/mol. The molecule has 206 valence electrons. The quantitative estimate of drug-likeness (QED) is 0.191. The number of carbonyl (C=O) groups is 4. The number of benzene rings is 3. The highest BCUT2D eigenvalue weighted by Gasteiger charge is 2.41.